The summed E-state index contributed by atoms with van der Waals surface area (Å²) in [7, 11) is -3.53. The predicted octanol–water partition coefficient (Wildman–Crippen LogP) is 3.27. The fourth-order valence-electron chi connectivity index (χ4n) is 4.12. The molecular formula is C23H26N2O5S. The van der Waals surface area contributed by atoms with Gasteiger partial charge in [-0.2, -0.15) is 0 Å². The average Bonchev–Trinajstić information content (AvgIpc) is 2.78. The number of anilines is 1. The second-order valence-corrected chi connectivity index (χ2v) is 10.0. The van der Waals surface area contributed by atoms with E-state index < -0.39 is 15.7 Å². The molecule has 2 aromatic carbocycles. The highest BCUT2D eigenvalue weighted by molar-refractivity contribution is 7.91. The summed E-state index contributed by atoms with van der Waals surface area (Å²) in [5.74, 6) is -0.277. The standard InChI is InChI=1S/C23H26N2O5S/c26-22(12-15-31(28,29)19-7-2-1-3-8-19)24-17-9-10-21-20(16-17)23(27)25-13-5-4-6-18(25)11-14-30-21/h1-3,7-10,16,18H,4-6,11-15H2,(H,24,26). The van der Waals surface area contributed by atoms with Gasteiger partial charge in [-0.15, -0.1) is 0 Å². The number of carbonyl (C=O) groups excluding carboxylic acids is 2. The molecule has 0 spiro atoms. The van der Waals surface area contributed by atoms with Gasteiger partial charge in [-0.25, -0.2) is 8.42 Å². The van der Waals surface area contributed by atoms with E-state index in [-0.39, 0.29) is 29.0 Å². The molecule has 1 atom stereocenters. The molecule has 2 amide bonds. The molecule has 1 unspecified atom stereocenters. The summed E-state index contributed by atoms with van der Waals surface area (Å²) in [4.78, 5) is 27.6. The van der Waals surface area contributed by atoms with E-state index in [1.54, 1.807) is 36.4 Å². The van der Waals surface area contributed by atoms with Crippen molar-refractivity contribution in [2.75, 3.05) is 24.2 Å². The van der Waals surface area contributed by atoms with Gasteiger partial charge >= 0.3 is 0 Å². The molecular weight excluding hydrogens is 416 g/mol. The molecule has 0 bridgehead atoms. The van der Waals surface area contributed by atoms with Gasteiger partial charge in [-0.3, -0.25) is 9.59 Å². The molecule has 1 N–H and O–H groups in total. The third-order valence-electron chi connectivity index (χ3n) is 5.79. The SMILES string of the molecule is O=C(CCS(=O)(=O)c1ccccc1)Nc1ccc2c(c1)C(=O)N1CCCCC1CCO2. The Hall–Kier alpha value is -2.87. The van der Waals surface area contributed by atoms with Crippen LogP contribution in [0.3, 0.4) is 0 Å². The predicted molar refractivity (Wildman–Crippen MR) is 117 cm³/mol. The Balaban J connectivity index is 1.45. The summed E-state index contributed by atoms with van der Waals surface area (Å²) in [5.41, 5.74) is 0.883. The second-order valence-electron chi connectivity index (χ2n) is 7.93. The van der Waals surface area contributed by atoms with Crippen LogP contribution < -0.4 is 10.1 Å². The number of ether oxygens (including phenoxy) is 1. The van der Waals surface area contributed by atoms with Crippen LogP contribution in [0.4, 0.5) is 5.69 Å². The molecule has 8 heteroatoms. The zero-order valence-electron chi connectivity index (χ0n) is 17.2. The lowest BCUT2D eigenvalue weighted by Crippen LogP contribution is -2.45. The summed E-state index contributed by atoms with van der Waals surface area (Å²) >= 11 is 0. The number of rotatable bonds is 5. The van der Waals surface area contributed by atoms with Crippen molar-refractivity contribution in [1.82, 2.24) is 4.90 Å². The quantitative estimate of drug-likeness (QED) is 0.767. The Kier molecular flexibility index (Phi) is 6.27. The van der Waals surface area contributed by atoms with Crippen LogP contribution in [0.25, 0.3) is 0 Å². The van der Waals surface area contributed by atoms with Crippen molar-refractivity contribution in [3.05, 3.63) is 54.1 Å². The Labute approximate surface area is 182 Å². The number of nitrogens with zero attached hydrogens (tertiary/aromatic N) is 1. The van der Waals surface area contributed by atoms with Gasteiger partial charge in [0.15, 0.2) is 9.84 Å². The average molecular weight is 443 g/mol. The summed E-state index contributed by atoms with van der Waals surface area (Å²) in [6.07, 6.45) is 3.73. The van der Waals surface area contributed by atoms with Crippen molar-refractivity contribution in [3.8, 4) is 5.75 Å². The third kappa shape index (κ3) is 4.90. The lowest BCUT2D eigenvalue weighted by atomic mass is 9.97. The highest BCUT2D eigenvalue weighted by Gasteiger charge is 2.31. The number of carbonyl (C=O) groups is 2. The molecule has 1 saturated heterocycles. The number of nitrogens with one attached hydrogen (secondary N) is 1. The molecule has 164 valence electrons. The van der Waals surface area contributed by atoms with Crippen molar-refractivity contribution < 1.29 is 22.7 Å². The summed E-state index contributed by atoms with van der Waals surface area (Å²) < 4.78 is 30.6. The zero-order chi connectivity index (χ0) is 21.8. The van der Waals surface area contributed by atoms with E-state index >= 15 is 0 Å². The summed E-state index contributed by atoms with van der Waals surface area (Å²) in [6.45, 7) is 1.28. The van der Waals surface area contributed by atoms with E-state index in [1.807, 2.05) is 4.90 Å². The highest BCUT2D eigenvalue weighted by atomic mass is 32.2. The van der Waals surface area contributed by atoms with Crippen molar-refractivity contribution in [3.63, 3.8) is 0 Å². The first-order valence-corrected chi connectivity index (χ1v) is 12.2. The summed E-state index contributed by atoms with van der Waals surface area (Å²) in [5, 5.41) is 2.72. The maximum atomic E-state index is 13.1. The number of amides is 2. The van der Waals surface area contributed by atoms with Gasteiger partial charge in [0, 0.05) is 31.1 Å². The molecule has 2 heterocycles. The first-order chi connectivity index (χ1) is 14.9. The summed E-state index contributed by atoms with van der Waals surface area (Å²) in [6, 6.07) is 13.2. The van der Waals surface area contributed by atoms with E-state index in [2.05, 4.69) is 5.32 Å². The van der Waals surface area contributed by atoms with Crippen LogP contribution in [0.2, 0.25) is 0 Å². The number of benzene rings is 2. The molecule has 2 aliphatic rings. The molecule has 31 heavy (non-hydrogen) atoms. The highest BCUT2D eigenvalue weighted by Crippen LogP contribution is 2.31. The van der Waals surface area contributed by atoms with Crippen LogP contribution >= 0.6 is 0 Å². The lowest BCUT2D eigenvalue weighted by molar-refractivity contribution is -0.115. The Morgan fingerprint density at radius 1 is 1.10 bits per heavy atom. The monoisotopic (exact) mass is 442 g/mol. The molecule has 0 aliphatic carbocycles. The molecule has 0 radical (unpaired) electrons. The molecule has 0 saturated carbocycles. The molecule has 1 fully saturated rings. The smallest absolute Gasteiger partial charge is 0.257 e. The van der Waals surface area contributed by atoms with Gasteiger partial charge in [-0.1, -0.05) is 18.2 Å². The van der Waals surface area contributed by atoms with E-state index in [1.165, 1.54) is 12.1 Å². The maximum Gasteiger partial charge on any atom is 0.257 e. The van der Waals surface area contributed by atoms with E-state index in [4.69, 9.17) is 4.74 Å². The van der Waals surface area contributed by atoms with Crippen LogP contribution in [0.15, 0.2) is 53.4 Å². The largest absolute Gasteiger partial charge is 0.493 e. The molecule has 4 rings (SSSR count). The van der Waals surface area contributed by atoms with Gasteiger partial charge in [-0.05, 0) is 49.6 Å². The maximum absolute atomic E-state index is 13.1. The third-order valence-corrected chi connectivity index (χ3v) is 7.52. The van der Waals surface area contributed by atoms with Crippen molar-refractivity contribution >= 4 is 27.3 Å². The van der Waals surface area contributed by atoms with E-state index in [9.17, 15) is 18.0 Å². The lowest BCUT2D eigenvalue weighted by Gasteiger charge is -2.37. The van der Waals surface area contributed by atoms with Crippen LogP contribution in [0.5, 0.6) is 5.75 Å². The van der Waals surface area contributed by atoms with Crippen LogP contribution in [-0.4, -0.2) is 50.1 Å². The molecule has 2 aromatic rings. The van der Waals surface area contributed by atoms with Crippen LogP contribution in [-0.2, 0) is 14.6 Å². The number of sulfone groups is 1. The fourth-order valence-corrected chi connectivity index (χ4v) is 5.39. The zero-order valence-corrected chi connectivity index (χ0v) is 18.1. The molecule has 7 nitrogen and oxygen atoms in total. The number of hydrogen-bond acceptors (Lipinski definition) is 5. The normalized spacial score (nSPS) is 18.8. The number of fused-ring (bicyclic) bond motifs is 2. The fraction of sp³-hybridized carbons (Fsp3) is 0.391. The van der Waals surface area contributed by atoms with Crippen LogP contribution in [0, 0.1) is 0 Å². The minimum Gasteiger partial charge on any atom is -0.493 e. The van der Waals surface area contributed by atoms with Crippen molar-refractivity contribution in [2.45, 2.75) is 43.0 Å². The number of hydrogen-bond donors (Lipinski definition) is 1. The molecule has 2 aliphatic heterocycles. The van der Waals surface area contributed by atoms with Gasteiger partial charge < -0.3 is 15.0 Å². The Bertz CT molecular complexity index is 1070. The number of piperidine rings is 1. The first kappa shape index (κ1) is 21.4. The van der Waals surface area contributed by atoms with E-state index in [0.717, 1.165) is 32.2 Å². The van der Waals surface area contributed by atoms with Gasteiger partial charge in [0.1, 0.15) is 5.75 Å². The van der Waals surface area contributed by atoms with Crippen LogP contribution in [0.1, 0.15) is 42.5 Å². The van der Waals surface area contributed by atoms with Crippen molar-refractivity contribution in [2.24, 2.45) is 0 Å². The topological polar surface area (TPSA) is 92.8 Å². The van der Waals surface area contributed by atoms with Gasteiger partial charge in [0.2, 0.25) is 5.91 Å². The minimum absolute atomic E-state index is 0.0813. The van der Waals surface area contributed by atoms with Crippen molar-refractivity contribution in [1.29, 1.82) is 0 Å². The Morgan fingerprint density at radius 2 is 1.90 bits per heavy atom. The van der Waals surface area contributed by atoms with Gasteiger partial charge in [0.05, 0.1) is 22.8 Å². The van der Waals surface area contributed by atoms with E-state index in [0.29, 0.717) is 23.6 Å². The van der Waals surface area contributed by atoms with Gasteiger partial charge in [0.25, 0.3) is 5.91 Å². The first-order valence-electron chi connectivity index (χ1n) is 10.6. The Morgan fingerprint density at radius 3 is 2.71 bits per heavy atom. The minimum atomic E-state index is -3.53. The second kappa shape index (κ2) is 9.09. The molecule has 0 aromatic heterocycles.